The topological polar surface area (TPSA) is 60.3 Å². The largest absolute Gasteiger partial charge is 0.495 e. The first-order valence-corrected chi connectivity index (χ1v) is 9.10. The Morgan fingerprint density at radius 3 is 2.67 bits per heavy atom. The lowest BCUT2D eigenvalue weighted by atomic mass is 10.1. The van der Waals surface area contributed by atoms with Crippen LogP contribution in [0.1, 0.15) is 24.5 Å². The number of benzene rings is 2. The highest BCUT2D eigenvalue weighted by Gasteiger charge is 2.13. The maximum absolute atomic E-state index is 12.6. The molecule has 1 N–H and O–H groups in total. The summed E-state index contributed by atoms with van der Waals surface area (Å²) in [5, 5.41) is 3.90. The summed E-state index contributed by atoms with van der Waals surface area (Å²) in [7, 11) is 1.58. The summed E-state index contributed by atoms with van der Waals surface area (Å²) < 4.78 is 7.07. The number of methoxy groups -OCH3 is 1. The molecule has 5 nitrogen and oxygen atoms in total. The number of hydrogen-bond donors (Lipinski definition) is 1. The van der Waals surface area contributed by atoms with Crippen molar-refractivity contribution < 1.29 is 9.53 Å². The molecule has 0 saturated carbocycles. The van der Waals surface area contributed by atoms with Crippen LogP contribution in [0.2, 0.25) is 0 Å². The van der Waals surface area contributed by atoms with Gasteiger partial charge < -0.3 is 14.6 Å². The van der Waals surface area contributed by atoms with Gasteiger partial charge in [-0.25, -0.2) is 0 Å². The third-order valence-electron chi connectivity index (χ3n) is 4.75. The van der Waals surface area contributed by atoms with Crippen LogP contribution >= 0.6 is 0 Å². The minimum absolute atomic E-state index is 0.119. The summed E-state index contributed by atoms with van der Waals surface area (Å²) in [6.45, 7) is 4.24. The van der Waals surface area contributed by atoms with Crippen molar-refractivity contribution in [3.8, 4) is 5.75 Å². The average Bonchev–Trinajstić information content (AvgIpc) is 2.67. The zero-order valence-electron chi connectivity index (χ0n) is 15.9. The summed E-state index contributed by atoms with van der Waals surface area (Å²) >= 11 is 0. The van der Waals surface area contributed by atoms with Gasteiger partial charge in [-0.15, -0.1) is 0 Å². The number of pyridine rings is 1. The zero-order valence-corrected chi connectivity index (χ0v) is 15.9. The summed E-state index contributed by atoms with van der Waals surface area (Å²) in [4.78, 5) is 25.0. The zero-order chi connectivity index (χ0) is 19.4. The van der Waals surface area contributed by atoms with Crippen LogP contribution < -0.4 is 15.6 Å². The Balaban J connectivity index is 1.87. The Kier molecular flexibility index (Phi) is 5.60. The van der Waals surface area contributed by atoms with Crippen molar-refractivity contribution >= 4 is 22.5 Å². The number of carbonyl (C=O) groups excluding carboxylic acids is 1. The Morgan fingerprint density at radius 2 is 1.93 bits per heavy atom. The predicted molar refractivity (Wildman–Crippen MR) is 109 cm³/mol. The van der Waals surface area contributed by atoms with Crippen LogP contribution in [0.4, 0.5) is 5.69 Å². The fraction of sp³-hybridized carbons (Fsp3) is 0.273. The van der Waals surface area contributed by atoms with Gasteiger partial charge in [0, 0.05) is 30.1 Å². The molecule has 0 aliphatic heterocycles. The van der Waals surface area contributed by atoms with Crippen molar-refractivity contribution in [2.24, 2.45) is 0 Å². The number of fused-ring (bicyclic) bond motifs is 1. The monoisotopic (exact) mass is 364 g/mol. The maximum atomic E-state index is 12.6. The maximum Gasteiger partial charge on any atom is 0.251 e. The van der Waals surface area contributed by atoms with Gasteiger partial charge in [0.2, 0.25) is 5.91 Å². The van der Waals surface area contributed by atoms with E-state index >= 15 is 0 Å². The van der Waals surface area contributed by atoms with Crippen LogP contribution in [0.15, 0.2) is 53.3 Å². The number of amides is 1. The molecule has 2 aromatic carbocycles. The average molecular weight is 364 g/mol. The lowest BCUT2D eigenvalue weighted by Gasteiger charge is -2.15. The highest BCUT2D eigenvalue weighted by molar-refractivity contribution is 5.92. The van der Waals surface area contributed by atoms with E-state index in [1.807, 2.05) is 49.4 Å². The summed E-state index contributed by atoms with van der Waals surface area (Å²) in [6, 6.07) is 15.0. The van der Waals surface area contributed by atoms with E-state index in [4.69, 9.17) is 4.74 Å². The second-order valence-corrected chi connectivity index (χ2v) is 6.48. The molecular weight excluding hydrogens is 340 g/mol. The minimum Gasteiger partial charge on any atom is -0.495 e. The van der Waals surface area contributed by atoms with Crippen molar-refractivity contribution in [2.75, 3.05) is 12.4 Å². The van der Waals surface area contributed by atoms with Gasteiger partial charge in [0.1, 0.15) is 5.75 Å². The molecule has 5 heteroatoms. The van der Waals surface area contributed by atoms with E-state index in [-0.39, 0.29) is 24.4 Å². The molecule has 0 atom stereocenters. The third-order valence-corrected chi connectivity index (χ3v) is 4.75. The van der Waals surface area contributed by atoms with Gasteiger partial charge >= 0.3 is 0 Å². The first-order chi connectivity index (χ1) is 13.0. The number of hydrogen-bond acceptors (Lipinski definition) is 3. The third kappa shape index (κ3) is 3.87. The second kappa shape index (κ2) is 8.08. The van der Waals surface area contributed by atoms with Crippen molar-refractivity contribution in [2.45, 2.75) is 33.2 Å². The van der Waals surface area contributed by atoms with E-state index in [1.54, 1.807) is 17.7 Å². The molecular formula is C22H24N2O3. The molecule has 0 aliphatic carbocycles. The molecule has 0 aliphatic rings. The molecule has 0 radical (unpaired) electrons. The van der Waals surface area contributed by atoms with E-state index in [9.17, 15) is 9.59 Å². The second-order valence-electron chi connectivity index (χ2n) is 6.48. The number of aryl methyl sites for hydroxylation is 3. The summed E-state index contributed by atoms with van der Waals surface area (Å²) in [5.41, 5.74) is 3.40. The number of ether oxygens (including phenoxy) is 1. The van der Waals surface area contributed by atoms with Crippen LogP contribution in [0.25, 0.3) is 10.9 Å². The summed E-state index contributed by atoms with van der Waals surface area (Å²) in [5.74, 6) is 0.511. The molecule has 1 aromatic heterocycles. The lowest BCUT2D eigenvalue weighted by Crippen LogP contribution is -2.24. The number of para-hydroxylation sites is 2. The molecule has 1 amide bonds. The van der Waals surface area contributed by atoms with Gasteiger partial charge in [-0.05, 0) is 36.6 Å². The number of carbonyl (C=O) groups is 1. The number of anilines is 1. The van der Waals surface area contributed by atoms with Gasteiger partial charge in [-0.2, -0.15) is 0 Å². The van der Waals surface area contributed by atoms with E-state index < -0.39 is 0 Å². The Bertz CT molecular complexity index is 1040. The van der Waals surface area contributed by atoms with Crippen LogP contribution in [0, 0.1) is 6.92 Å². The number of nitrogens with one attached hydrogen (secondary N) is 1. The van der Waals surface area contributed by atoms with Crippen LogP contribution in [-0.4, -0.2) is 17.6 Å². The van der Waals surface area contributed by atoms with E-state index in [0.29, 0.717) is 5.75 Å². The smallest absolute Gasteiger partial charge is 0.251 e. The first-order valence-electron chi connectivity index (χ1n) is 9.10. The van der Waals surface area contributed by atoms with Crippen LogP contribution in [0.5, 0.6) is 5.75 Å². The lowest BCUT2D eigenvalue weighted by molar-refractivity contribution is -0.116. The van der Waals surface area contributed by atoms with Gasteiger partial charge in [0.05, 0.1) is 12.6 Å². The molecule has 140 valence electrons. The highest BCUT2D eigenvalue weighted by atomic mass is 16.5. The standard InChI is InChI=1S/C22H24N2O3/c1-4-16-8-5-6-10-18(16)23-20(25)12-13-24-21(26)14-15(2)17-9-7-11-19(27-3)22(17)24/h5-11,14H,4,12-13H2,1-3H3,(H,23,25). The predicted octanol–water partition coefficient (Wildman–Crippen LogP) is 3.91. The Labute approximate surface area is 158 Å². The molecule has 3 aromatic rings. The van der Waals surface area contributed by atoms with Crippen molar-refractivity contribution in [3.63, 3.8) is 0 Å². The normalized spacial score (nSPS) is 10.8. The van der Waals surface area contributed by atoms with Crippen LogP contribution in [-0.2, 0) is 17.8 Å². The fourth-order valence-electron chi connectivity index (χ4n) is 3.33. The highest BCUT2D eigenvalue weighted by Crippen LogP contribution is 2.26. The summed E-state index contributed by atoms with van der Waals surface area (Å²) in [6.07, 6.45) is 1.05. The molecule has 0 saturated heterocycles. The van der Waals surface area contributed by atoms with Crippen molar-refractivity contribution in [3.05, 3.63) is 70.0 Å². The number of rotatable bonds is 6. The fourth-order valence-corrected chi connectivity index (χ4v) is 3.33. The molecule has 0 fully saturated rings. The molecule has 3 rings (SSSR count). The van der Waals surface area contributed by atoms with Gasteiger partial charge in [0.25, 0.3) is 5.56 Å². The quantitative estimate of drug-likeness (QED) is 0.721. The van der Waals surface area contributed by atoms with Crippen molar-refractivity contribution in [1.29, 1.82) is 0 Å². The van der Waals surface area contributed by atoms with E-state index in [0.717, 1.165) is 34.1 Å². The molecule has 0 unspecified atom stereocenters. The molecule has 0 bridgehead atoms. The number of nitrogens with zero attached hydrogens (tertiary/aromatic N) is 1. The molecule has 1 heterocycles. The Hall–Kier alpha value is -3.08. The first kappa shape index (κ1) is 18.7. The SMILES string of the molecule is CCc1ccccc1NC(=O)CCn1c(=O)cc(C)c2cccc(OC)c21. The van der Waals surface area contributed by atoms with Gasteiger partial charge in [-0.3, -0.25) is 9.59 Å². The van der Waals surface area contributed by atoms with Gasteiger partial charge in [0.15, 0.2) is 0 Å². The van der Waals surface area contributed by atoms with Crippen molar-refractivity contribution in [1.82, 2.24) is 4.57 Å². The Morgan fingerprint density at radius 1 is 1.15 bits per heavy atom. The minimum atomic E-state index is -0.133. The van der Waals surface area contributed by atoms with Gasteiger partial charge in [-0.1, -0.05) is 37.3 Å². The van der Waals surface area contributed by atoms with Crippen LogP contribution in [0.3, 0.4) is 0 Å². The van der Waals surface area contributed by atoms with E-state index in [2.05, 4.69) is 12.2 Å². The number of aromatic nitrogens is 1. The molecule has 0 spiro atoms. The molecule has 27 heavy (non-hydrogen) atoms. The van der Waals surface area contributed by atoms with E-state index in [1.165, 1.54) is 0 Å².